The Morgan fingerprint density at radius 1 is 0.815 bits per heavy atom. The molecule has 3 aromatic rings. The molecule has 0 saturated carbocycles. The van der Waals surface area contributed by atoms with Crippen LogP contribution in [0.1, 0.15) is 10.4 Å². The van der Waals surface area contributed by atoms with E-state index in [9.17, 15) is 13.6 Å². The molecule has 1 aromatic carbocycles. The van der Waals surface area contributed by atoms with Crippen molar-refractivity contribution in [2.24, 2.45) is 0 Å². The smallest absolute Gasteiger partial charge is 0.259 e. The molecule has 4 rings (SSSR count). The third kappa shape index (κ3) is 3.38. The molecule has 0 atom stereocenters. The van der Waals surface area contributed by atoms with Gasteiger partial charge in [-0.3, -0.25) is 4.79 Å². The quantitative estimate of drug-likeness (QED) is 0.712. The van der Waals surface area contributed by atoms with Crippen molar-refractivity contribution >= 4 is 11.7 Å². The van der Waals surface area contributed by atoms with Gasteiger partial charge in [-0.1, -0.05) is 6.07 Å². The Labute approximate surface area is 154 Å². The Hall–Kier alpha value is -3.29. The number of anilines is 1. The topological polar surface area (TPSA) is 54.3 Å². The van der Waals surface area contributed by atoms with Crippen LogP contribution in [0, 0.1) is 11.6 Å². The van der Waals surface area contributed by atoms with E-state index < -0.39 is 23.1 Å². The summed E-state index contributed by atoms with van der Waals surface area (Å²) in [5.41, 5.74) is -0.498. The van der Waals surface area contributed by atoms with Crippen molar-refractivity contribution in [3.8, 4) is 5.82 Å². The van der Waals surface area contributed by atoms with Crippen LogP contribution in [0.3, 0.4) is 0 Å². The predicted molar refractivity (Wildman–Crippen MR) is 95.8 cm³/mol. The van der Waals surface area contributed by atoms with Crippen LogP contribution >= 0.6 is 0 Å². The normalized spacial score (nSPS) is 14.4. The Bertz CT molecular complexity index is 915. The summed E-state index contributed by atoms with van der Waals surface area (Å²) in [5, 5.41) is 8.46. The van der Waals surface area contributed by atoms with Gasteiger partial charge in [-0.05, 0) is 36.4 Å². The van der Waals surface area contributed by atoms with E-state index in [2.05, 4.69) is 10.2 Å². The summed E-state index contributed by atoms with van der Waals surface area (Å²) in [4.78, 5) is 15.9. The van der Waals surface area contributed by atoms with Crippen LogP contribution in [0.4, 0.5) is 14.6 Å². The fourth-order valence-electron chi connectivity index (χ4n) is 3.11. The molecule has 1 amide bonds. The standard InChI is InChI=1S/C19H17F2N5O/c20-14-4-3-5-15(21)18(14)19(27)26-12-10-25(11-13-26)17-7-6-16(22-23-17)24-8-1-2-9-24/h1-9H,10-13H2. The molecule has 1 fully saturated rings. The first-order valence-electron chi connectivity index (χ1n) is 8.59. The molecule has 1 aliphatic rings. The molecule has 27 heavy (non-hydrogen) atoms. The van der Waals surface area contributed by atoms with Gasteiger partial charge in [-0.25, -0.2) is 8.78 Å². The van der Waals surface area contributed by atoms with Gasteiger partial charge in [-0.15, -0.1) is 10.2 Å². The van der Waals surface area contributed by atoms with E-state index in [1.54, 1.807) is 0 Å². The number of benzene rings is 1. The Balaban J connectivity index is 1.42. The Morgan fingerprint density at radius 3 is 2.00 bits per heavy atom. The first-order valence-corrected chi connectivity index (χ1v) is 8.59. The molecule has 8 heteroatoms. The zero-order valence-corrected chi connectivity index (χ0v) is 14.4. The first-order chi connectivity index (χ1) is 13.1. The second-order valence-corrected chi connectivity index (χ2v) is 6.22. The SMILES string of the molecule is O=C(c1c(F)cccc1F)N1CCN(c2ccc(-n3cccc3)nn2)CC1. The maximum absolute atomic E-state index is 13.8. The lowest BCUT2D eigenvalue weighted by molar-refractivity contribution is 0.0736. The number of amides is 1. The second-order valence-electron chi connectivity index (χ2n) is 6.22. The van der Waals surface area contributed by atoms with Gasteiger partial charge in [0, 0.05) is 38.6 Å². The van der Waals surface area contributed by atoms with Gasteiger partial charge >= 0.3 is 0 Å². The summed E-state index contributed by atoms with van der Waals surface area (Å²) in [7, 11) is 0. The van der Waals surface area contributed by atoms with Crippen LogP contribution < -0.4 is 4.90 Å². The fraction of sp³-hybridized carbons (Fsp3) is 0.211. The summed E-state index contributed by atoms with van der Waals surface area (Å²) < 4.78 is 29.5. The molecule has 0 N–H and O–H groups in total. The van der Waals surface area contributed by atoms with Gasteiger partial charge in [0.05, 0.1) is 0 Å². The maximum Gasteiger partial charge on any atom is 0.259 e. The molecule has 0 aliphatic carbocycles. The van der Waals surface area contributed by atoms with E-state index in [-0.39, 0.29) is 0 Å². The van der Waals surface area contributed by atoms with Crippen LogP contribution in [-0.4, -0.2) is 51.8 Å². The van der Waals surface area contributed by atoms with Crippen molar-refractivity contribution in [2.75, 3.05) is 31.1 Å². The summed E-state index contributed by atoms with van der Waals surface area (Å²) in [5.74, 6) is -0.884. The molecular weight excluding hydrogens is 352 g/mol. The summed E-state index contributed by atoms with van der Waals surface area (Å²) >= 11 is 0. The van der Waals surface area contributed by atoms with Crippen molar-refractivity contribution in [3.05, 3.63) is 72.1 Å². The second kappa shape index (κ2) is 7.14. The van der Waals surface area contributed by atoms with Gasteiger partial charge in [0.1, 0.15) is 17.2 Å². The van der Waals surface area contributed by atoms with Gasteiger partial charge in [0.25, 0.3) is 5.91 Å². The minimum atomic E-state index is -0.839. The van der Waals surface area contributed by atoms with Crippen molar-refractivity contribution in [1.82, 2.24) is 19.7 Å². The van der Waals surface area contributed by atoms with E-state index in [0.717, 1.165) is 12.1 Å². The maximum atomic E-state index is 13.8. The third-order valence-corrected chi connectivity index (χ3v) is 4.57. The van der Waals surface area contributed by atoms with E-state index in [1.807, 2.05) is 46.1 Å². The lowest BCUT2D eigenvalue weighted by Crippen LogP contribution is -2.49. The molecule has 0 radical (unpaired) electrons. The molecule has 1 saturated heterocycles. The lowest BCUT2D eigenvalue weighted by atomic mass is 10.1. The first kappa shape index (κ1) is 17.1. The van der Waals surface area contributed by atoms with Crippen molar-refractivity contribution in [1.29, 1.82) is 0 Å². The number of piperazine rings is 1. The average Bonchev–Trinajstić information content (AvgIpc) is 3.23. The highest BCUT2D eigenvalue weighted by molar-refractivity contribution is 5.95. The van der Waals surface area contributed by atoms with Gasteiger partial charge in [-0.2, -0.15) is 0 Å². The van der Waals surface area contributed by atoms with E-state index in [0.29, 0.717) is 37.8 Å². The minimum absolute atomic E-state index is 0.355. The van der Waals surface area contributed by atoms with Crippen LogP contribution in [0.25, 0.3) is 5.82 Å². The number of hydrogen-bond acceptors (Lipinski definition) is 4. The number of carbonyl (C=O) groups excluding carboxylic acids is 1. The Morgan fingerprint density at radius 2 is 1.41 bits per heavy atom. The number of halogens is 2. The van der Waals surface area contributed by atoms with Gasteiger partial charge < -0.3 is 14.4 Å². The zero-order valence-electron chi connectivity index (χ0n) is 14.4. The third-order valence-electron chi connectivity index (χ3n) is 4.57. The number of aromatic nitrogens is 3. The van der Waals surface area contributed by atoms with Crippen LogP contribution in [-0.2, 0) is 0 Å². The fourth-order valence-corrected chi connectivity index (χ4v) is 3.11. The van der Waals surface area contributed by atoms with E-state index in [4.69, 9.17) is 0 Å². The molecule has 0 bridgehead atoms. The summed E-state index contributed by atoms with van der Waals surface area (Å²) in [6, 6.07) is 11.0. The molecule has 1 aliphatic heterocycles. The highest BCUT2D eigenvalue weighted by Crippen LogP contribution is 2.18. The van der Waals surface area contributed by atoms with Crippen molar-refractivity contribution in [3.63, 3.8) is 0 Å². The highest BCUT2D eigenvalue weighted by atomic mass is 19.1. The van der Waals surface area contributed by atoms with Gasteiger partial charge in [0.2, 0.25) is 0 Å². The molecule has 138 valence electrons. The largest absolute Gasteiger partial charge is 0.352 e. The highest BCUT2D eigenvalue weighted by Gasteiger charge is 2.27. The van der Waals surface area contributed by atoms with E-state index in [1.165, 1.54) is 11.0 Å². The number of nitrogens with zero attached hydrogens (tertiary/aromatic N) is 5. The zero-order chi connectivity index (χ0) is 18.8. The van der Waals surface area contributed by atoms with E-state index >= 15 is 0 Å². The van der Waals surface area contributed by atoms with Crippen molar-refractivity contribution < 1.29 is 13.6 Å². The number of carbonyl (C=O) groups is 1. The molecule has 0 unspecified atom stereocenters. The molecular formula is C19H17F2N5O. The number of hydrogen-bond donors (Lipinski definition) is 0. The van der Waals surface area contributed by atoms with Gasteiger partial charge in [0.15, 0.2) is 11.6 Å². The minimum Gasteiger partial charge on any atom is -0.352 e. The molecule has 0 spiro atoms. The summed E-state index contributed by atoms with van der Waals surface area (Å²) in [6.45, 7) is 1.74. The molecule has 6 nitrogen and oxygen atoms in total. The number of rotatable bonds is 3. The molecule has 2 aromatic heterocycles. The van der Waals surface area contributed by atoms with Crippen molar-refractivity contribution in [2.45, 2.75) is 0 Å². The monoisotopic (exact) mass is 369 g/mol. The molecule has 3 heterocycles. The summed E-state index contributed by atoms with van der Waals surface area (Å²) in [6.07, 6.45) is 3.77. The average molecular weight is 369 g/mol. The van der Waals surface area contributed by atoms with Crippen LogP contribution in [0.5, 0.6) is 0 Å². The lowest BCUT2D eigenvalue weighted by Gasteiger charge is -2.35. The predicted octanol–water partition coefficient (Wildman–Crippen LogP) is 2.51. The Kier molecular flexibility index (Phi) is 4.53. The van der Waals surface area contributed by atoms with Crippen LogP contribution in [0.15, 0.2) is 54.9 Å². The van der Waals surface area contributed by atoms with Crippen LogP contribution in [0.2, 0.25) is 0 Å².